The Bertz CT molecular complexity index is 323. The van der Waals surface area contributed by atoms with E-state index < -0.39 is 0 Å². The molecule has 1 aliphatic rings. The van der Waals surface area contributed by atoms with E-state index in [4.69, 9.17) is 4.84 Å². The van der Waals surface area contributed by atoms with Gasteiger partial charge in [0.25, 0.3) is 0 Å². The molecule has 13 heavy (non-hydrogen) atoms. The molecular weight excluding hydrogens is 234 g/mol. The molecule has 68 valence electrons. The van der Waals surface area contributed by atoms with Crippen molar-refractivity contribution in [3.8, 4) is 0 Å². The lowest BCUT2D eigenvalue weighted by atomic mass is 10.3. The number of nitrogens with zero attached hydrogens (tertiary/aromatic N) is 2. The van der Waals surface area contributed by atoms with Crippen molar-refractivity contribution in [2.45, 2.75) is 0 Å². The monoisotopic (exact) mass is 241 g/mol. The SMILES string of the molecule is Brc1ccc(C2=NOCCN2)nc1. The smallest absolute Gasteiger partial charge is 0.191 e. The molecule has 4 nitrogen and oxygen atoms in total. The summed E-state index contributed by atoms with van der Waals surface area (Å²) in [4.78, 5) is 9.12. The first-order valence-corrected chi connectivity index (χ1v) is 4.71. The third-order valence-electron chi connectivity index (χ3n) is 1.61. The van der Waals surface area contributed by atoms with Gasteiger partial charge in [-0.3, -0.25) is 4.98 Å². The minimum absolute atomic E-state index is 0.611. The Morgan fingerprint density at radius 3 is 3.00 bits per heavy atom. The maximum atomic E-state index is 4.94. The van der Waals surface area contributed by atoms with Gasteiger partial charge in [0.1, 0.15) is 12.3 Å². The summed E-state index contributed by atoms with van der Waals surface area (Å²) in [6.45, 7) is 1.39. The van der Waals surface area contributed by atoms with Crippen LogP contribution in [0.15, 0.2) is 28.0 Å². The number of nitrogens with one attached hydrogen (secondary N) is 1. The van der Waals surface area contributed by atoms with Crippen LogP contribution in [0.1, 0.15) is 5.69 Å². The van der Waals surface area contributed by atoms with Gasteiger partial charge >= 0.3 is 0 Å². The molecule has 0 amide bonds. The molecule has 2 rings (SSSR count). The van der Waals surface area contributed by atoms with E-state index in [9.17, 15) is 0 Å². The van der Waals surface area contributed by atoms with Crippen LogP contribution in [0.5, 0.6) is 0 Å². The van der Waals surface area contributed by atoms with E-state index in [0.29, 0.717) is 12.4 Å². The number of rotatable bonds is 1. The lowest BCUT2D eigenvalue weighted by Crippen LogP contribution is -2.32. The normalized spacial score (nSPS) is 15.6. The minimum atomic E-state index is 0.611. The molecule has 0 bridgehead atoms. The zero-order valence-corrected chi connectivity index (χ0v) is 8.41. The summed E-state index contributed by atoms with van der Waals surface area (Å²) in [5.41, 5.74) is 0.794. The van der Waals surface area contributed by atoms with Crippen LogP contribution < -0.4 is 5.32 Å². The predicted octanol–water partition coefficient (Wildman–Crippen LogP) is 1.13. The molecule has 1 N–H and O–H groups in total. The van der Waals surface area contributed by atoms with Gasteiger partial charge in [-0.1, -0.05) is 5.16 Å². The number of hydrogen-bond donors (Lipinski definition) is 1. The molecular formula is C8H8BrN3O. The number of pyridine rings is 1. The highest BCUT2D eigenvalue weighted by Gasteiger charge is 2.08. The van der Waals surface area contributed by atoms with Crippen molar-refractivity contribution < 1.29 is 4.84 Å². The number of oxime groups is 1. The van der Waals surface area contributed by atoms with E-state index in [1.165, 1.54) is 0 Å². The van der Waals surface area contributed by atoms with Crippen molar-refractivity contribution in [3.05, 3.63) is 28.5 Å². The maximum Gasteiger partial charge on any atom is 0.191 e. The van der Waals surface area contributed by atoms with E-state index in [1.807, 2.05) is 12.1 Å². The van der Waals surface area contributed by atoms with Crippen LogP contribution in [0, 0.1) is 0 Å². The highest BCUT2D eigenvalue weighted by atomic mass is 79.9. The maximum absolute atomic E-state index is 4.94. The van der Waals surface area contributed by atoms with Gasteiger partial charge in [-0.2, -0.15) is 0 Å². The van der Waals surface area contributed by atoms with Gasteiger partial charge in [0, 0.05) is 10.7 Å². The summed E-state index contributed by atoms with van der Waals surface area (Å²) >= 11 is 3.32. The average molecular weight is 242 g/mol. The summed E-state index contributed by atoms with van der Waals surface area (Å²) in [7, 11) is 0. The van der Waals surface area contributed by atoms with Gasteiger partial charge in [0.15, 0.2) is 5.84 Å². The fourth-order valence-corrected chi connectivity index (χ4v) is 1.25. The van der Waals surface area contributed by atoms with Crippen molar-refractivity contribution in [2.24, 2.45) is 5.16 Å². The van der Waals surface area contributed by atoms with Gasteiger partial charge in [0.2, 0.25) is 0 Å². The van der Waals surface area contributed by atoms with E-state index >= 15 is 0 Å². The topological polar surface area (TPSA) is 46.5 Å². The molecule has 0 aromatic carbocycles. The molecule has 0 saturated heterocycles. The summed E-state index contributed by atoms with van der Waals surface area (Å²) < 4.78 is 0.952. The lowest BCUT2D eigenvalue weighted by Gasteiger charge is -2.13. The third-order valence-corrected chi connectivity index (χ3v) is 2.08. The average Bonchev–Trinajstić information content (AvgIpc) is 2.20. The molecule has 0 radical (unpaired) electrons. The molecule has 0 fully saturated rings. The number of amidine groups is 1. The van der Waals surface area contributed by atoms with E-state index in [1.54, 1.807) is 6.20 Å². The van der Waals surface area contributed by atoms with E-state index in [0.717, 1.165) is 16.7 Å². The summed E-state index contributed by atoms with van der Waals surface area (Å²) in [5, 5.41) is 6.96. The fraction of sp³-hybridized carbons (Fsp3) is 0.250. The van der Waals surface area contributed by atoms with E-state index in [2.05, 4.69) is 31.4 Å². The first kappa shape index (κ1) is 8.50. The highest BCUT2D eigenvalue weighted by molar-refractivity contribution is 9.10. The van der Waals surface area contributed by atoms with Crippen LogP contribution in [0.25, 0.3) is 0 Å². The standard InChI is InChI=1S/C8H8BrN3O/c9-6-1-2-7(11-5-6)8-10-3-4-13-12-8/h1-2,5H,3-4H2,(H,10,12). The molecule has 1 aromatic heterocycles. The Morgan fingerprint density at radius 1 is 1.46 bits per heavy atom. The second-order valence-electron chi connectivity index (χ2n) is 2.56. The zero-order chi connectivity index (χ0) is 9.10. The van der Waals surface area contributed by atoms with Crippen LogP contribution in [0.4, 0.5) is 0 Å². The Morgan fingerprint density at radius 2 is 2.38 bits per heavy atom. The fourth-order valence-electron chi connectivity index (χ4n) is 1.01. The Hall–Kier alpha value is -1.10. The van der Waals surface area contributed by atoms with Crippen molar-refractivity contribution in [3.63, 3.8) is 0 Å². The molecule has 0 spiro atoms. The zero-order valence-electron chi connectivity index (χ0n) is 6.83. The summed E-state index contributed by atoms with van der Waals surface area (Å²) in [6.07, 6.45) is 1.73. The van der Waals surface area contributed by atoms with Crippen LogP contribution in [-0.2, 0) is 4.84 Å². The van der Waals surface area contributed by atoms with Gasteiger partial charge < -0.3 is 10.2 Å². The van der Waals surface area contributed by atoms with Crippen molar-refractivity contribution >= 4 is 21.8 Å². The molecule has 1 aliphatic heterocycles. The van der Waals surface area contributed by atoms with Gasteiger partial charge in [-0.15, -0.1) is 0 Å². The Kier molecular flexibility index (Phi) is 2.44. The van der Waals surface area contributed by atoms with Gasteiger partial charge in [-0.05, 0) is 28.1 Å². The first-order chi connectivity index (χ1) is 6.36. The van der Waals surface area contributed by atoms with Crippen LogP contribution in [0.3, 0.4) is 0 Å². The molecule has 0 unspecified atom stereocenters. The Labute approximate surface area is 84.1 Å². The van der Waals surface area contributed by atoms with Crippen molar-refractivity contribution in [1.82, 2.24) is 10.3 Å². The van der Waals surface area contributed by atoms with E-state index in [-0.39, 0.29) is 0 Å². The largest absolute Gasteiger partial charge is 0.392 e. The summed E-state index contributed by atoms with van der Waals surface area (Å²) in [6, 6.07) is 3.80. The molecule has 0 atom stereocenters. The van der Waals surface area contributed by atoms with Crippen LogP contribution >= 0.6 is 15.9 Å². The summed E-state index contributed by atoms with van der Waals surface area (Å²) in [5.74, 6) is 0.693. The van der Waals surface area contributed by atoms with Crippen molar-refractivity contribution in [2.75, 3.05) is 13.2 Å². The predicted molar refractivity (Wildman–Crippen MR) is 52.4 cm³/mol. The number of hydrogen-bond acceptors (Lipinski definition) is 4. The quantitative estimate of drug-likeness (QED) is 0.802. The molecule has 5 heteroatoms. The lowest BCUT2D eigenvalue weighted by molar-refractivity contribution is 0.136. The van der Waals surface area contributed by atoms with Crippen LogP contribution in [0.2, 0.25) is 0 Å². The number of halogens is 1. The third kappa shape index (κ3) is 1.98. The minimum Gasteiger partial charge on any atom is -0.392 e. The second-order valence-corrected chi connectivity index (χ2v) is 3.48. The second kappa shape index (κ2) is 3.74. The molecule has 0 aliphatic carbocycles. The highest BCUT2D eigenvalue weighted by Crippen LogP contribution is 2.08. The van der Waals surface area contributed by atoms with Crippen LogP contribution in [-0.4, -0.2) is 24.0 Å². The first-order valence-electron chi connectivity index (χ1n) is 3.92. The van der Waals surface area contributed by atoms with Crippen molar-refractivity contribution in [1.29, 1.82) is 0 Å². The van der Waals surface area contributed by atoms with Gasteiger partial charge in [-0.25, -0.2) is 0 Å². The molecule has 2 heterocycles. The molecule has 1 aromatic rings. The Balaban J connectivity index is 2.24. The molecule has 0 saturated carbocycles. The van der Waals surface area contributed by atoms with Gasteiger partial charge in [0.05, 0.1) is 6.54 Å². The number of aromatic nitrogens is 1.